The van der Waals surface area contributed by atoms with Gasteiger partial charge in [0.05, 0.1) is 0 Å². The Labute approximate surface area is 148 Å². The summed E-state index contributed by atoms with van der Waals surface area (Å²) >= 11 is 0. The molecule has 0 bridgehead atoms. The van der Waals surface area contributed by atoms with E-state index in [0.717, 1.165) is 22.8 Å². The highest BCUT2D eigenvalue weighted by Crippen LogP contribution is 2.17. The van der Waals surface area contributed by atoms with Gasteiger partial charge in [-0.3, -0.25) is 4.79 Å². The smallest absolute Gasteiger partial charge is 0.319 e. The summed E-state index contributed by atoms with van der Waals surface area (Å²) in [5.41, 5.74) is 1.66. The Morgan fingerprint density at radius 2 is 1.84 bits per heavy atom. The first-order valence-corrected chi connectivity index (χ1v) is 8.34. The Balaban J connectivity index is 1.84. The molecule has 0 radical (unpaired) electrons. The van der Waals surface area contributed by atoms with Crippen LogP contribution in [0.25, 0.3) is 0 Å². The second-order valence-corrected chi connectivity index (χ2v) is 6.09. The normalized spacial score (nSPS) is 10.4. The number of anilines is 1. The molecule has 0 fully saturated rings. The molecule has 25 heavy (non-hydrogen) atoms. The Kier molecular flexibility index (Phi) is 6.62. The average Bonchev–Trinajstić information content (AvgIpc) is 2.99. The van der Waals surface area contributed by atoms with Crippen molar-refractivity contribution in [3.05, 3.63) is 53.5 Å². The highest BCUT2D eigenvalue weighted by atomic mass is 16.3. The first kappa shape index (κ1) is 18.6. The zero-order valence-electron chi connectivity index (χ0n) is 15.0. The third kappa shape index (κ3) is 5.99. The largest absolute Gasteiger partial charge is 0.466 e. The molecule has 0 atom stereocenters. The number of nitrogens with zero attached hydrogens (tertiary/aromatic N) is 1. The van der Waals surface area contributed by atoms with Crippen molar-refractivity contribution < 1.29 is 14.0 Å². The third-order valence-corrected chi connectivity index (χ3v) is 3.83. The molecule has 6 nitrogen and oxygen atoms in total. The number of furan rings is 1. The van der Waals surface area contributed by atoms with E-state index in [4.69, 9.17) is 4.42 Å². The third-order valence-electron chi connectivity index (χ3n) is 3.83. The van der Waals surface area contributed by atoms with Crippen LogP contribution < -0.4 is 10.6 Å². The van der Waals surface area contributed by atoms with Crippen LogP contribution in [0.15, 0.2) is 40.8 Å². The number of benzene rings is 1. The highest BCUT2D eigenvalue weighted by molar-refractivity contribution is 5.90. The van der Waals surface area contributed by atoms with Crippen LogP contribution in [0.2, 0.25) is 0 Å². The van der Waals surface area contributed by atoms with Gasteiger partial charge in [0.1, 0.15) is 11.5 Å². The van der Waals surface area contributed by atoms with Gasteiger partial charge in [-0.1, -0.05) is 18.2 Å². The molecule has 0 aliphatic carbocycles. The maximum absolute atomic E-state index is 12.1. The molecule has 0 spiro atoms. The number of aryl methyl sites for hydroxylation is 2. The number of nitrogens with one attached hydrogen (secondary N) is 2. The SMILES string of the molecule is Cc1ccc(CCNC(=O)Nc2ccccc2CCC(=O)N(C)C)o1. The zero-order chi connectivity index (χ0) is 18.2. The van der Waals surface area contributed by atoms with E-state index < -0.39 is 0 Å². The zero-order valence-corrected chi connectivity index (χ0v) is 15.0. The first-order valence-electron chi connectivity index (χ1n) is 8.34. The van der Waals surface area contributed by atoms with Crippen molar-refractivity contribution in [3.63, 3.8) is 0 Å². The lowest BCUT2D eigenvalue weighted by Crippen LogP contribution is -2.30. The van der Waals surface area contributed by atoms with Crippen LogP contribution in [0.3, 0.4) is 0 Å². The number of urea groups is 1. The fourth-order valence-corrected chi connectivity index (χ4v) is 2.41. The molecule has 0 aliphatic rings. The van der Waals surface area contributed by atoms with Gasteiger partial charge in [-0.25, -0.2) is 4.79 Å². The van der Waals surface area contributed by atoms with Crippen LogP contribution >= 0.6 is 0 Å². The number of amides is 3. The van der Waals surface area contributed by atoms with Crippen molar-refractivity contribution in [1.29, 1.82) is 0 Å². The number of rotatable bonds is 7. The van der Waals surface area contributed by atoms with E-state index in [1.165, 1.54) is 0 Å². The summed E-state index contributed by atoms with van der Waals surface area (Å²) in [4.78, 5) is 25.4. The van der Waals surface area contributed by atoms with Gasteiger partial charge in [-0.2, -0.15) is 0 Å². The lowest BCUT2D eigenvalue weighted by Gasteiger charge is -2.13. The second kappa shape index (κ2) is 8.92. The summed E-state index contributed by atoms with van der Waals surface area (Å²) in [6, 6.07) is 11.1. The predicted molar refractivity (Wildman–Crippen MR) is 97.6 cm³/mol. The van der Waals surface area contributed by atoms with E-state index in [9.17, 15) is 9.59 Å². The highest BCUT2D eigenvalue weighted by Gasteiger charge is 2.09. The monoisotopic (exact) mass is 343 g/mol. The molecule has 134 valence electrons. The average molecular weight is 343 g/mol. The summed E-state index contributed by atoms with van der Waals surface area (Å²) in [5, 5.41) is 5.66. The Bertz CT molecular complexity index is 722. The van der Waals surface area contributed by atoms with Crippen molar-refractivity contribution in [1.82, 2.24) is 10.2 Å². The summed E-state index contributed by atoms with van der Waals surface area (Å²) in [6.45, 7) is 2.38. The van der Waals surface area contributed by atoms with E-state index in [1.54, 1.807) is 19.0 Å². The van der Waals surface area contributed by atoms with Gasteiger partial charge in [0.2, 0.25) is 5.91 Å². The summed E-state index contributed by atoms with van der Waals surface area (Å²) in [6.07, 6.45) is 1.63. The van der Waals surface area contributed by atoms with Gasteiger partial charge in [0.15, 0.2) is 0 Å². The molecule has 1 aromatic heterocycles. The molecular weight excluding hydrogens is 318 g/mol. The van der Waals surface area contributed by atoms with Crippen molar-refractivity contribution in [3.8, 4) is 0 Å². The van der Waals surface area contributed by atoms with Crippen LogP contribution in [0, 0.1) is 6.92 Å². The molecule has 0 unspecified atom stereocenters. The van der Waals surface area contributed by atoms with Gasteiger partial charge in [0.25, 0.3) is 0 Å². The van der Waals surface area contributed by atoms with E-state index in [-0.39, 0.29) is 11.9 Å². The Morgan fingerprint density at radius 1 is 1.08 bits per heavy atom. The van der Waals surface area contributed by atoms with E-state index >= 15 is 0 Å². The van der Waals surface area contributed by atoms with E-state index in [1.807, 2.05) is 43.3 Å². The lowest BCUT2D eigenvalue weighted by atomic mass is 10.1. The molecule has 3 amide bonds. The van der Waals surface area contributed by atoms with Crippen molar-refractivity contribution in [2.24, 2.45) is 0 Å². The van der Waals surface area contributed by atoms with Crippen LogP contribution in [-0.4, -0.2) is 37.5 Å². The summed E-state index contributed by atoms with van der Waals surface area (Å²) in [5.74, 6) is 1.77. The summed E-state index contributed by atoms with van der Waals surface area (Å²) in [7, 11) is 3.47. The van der Waals surface area contributed by atoms with Crippen LogP contribution in [0.4, 0.5) is 10.5 Å². The van der Waals surface area contributed by atoms with E-state index in [2.05, 4.69) is 10.6 Å². The molecule has 1 aromatic carbocycles. The van der Waals surface area contributed by atoms with Crippen LogP contribution in [-0.2, 0) is 17.6 Å². The van der Waals surface area contributed by atoms with Gasteiger partial charge < -0.3 is 20.0 Å². The molecule has 2 N–H and O–H groups in total. The Morgan fingerprint density at radius 3 is 2.52 bits per heavy atom. The minimum Gasteiger partial charge on any atom is -0.466 e. The molecule has 1 heterocycles. The maximum atomic E-state index is 12.1. The molecule has 2 aromatic rings. The molecule has 0 saturated heterocycles. The number of hydrogen-bond acceptors (Lipinski definition) is 3. The fraction of sp³-hybridized carbons (Fsp3) is 0.368. The maximum Gasteiger partial charge on any atom is 0.319 e. The molecule has 6 heteroatoms. The predicted octanol–water partition coefficient (Wildman–Crippen LogP) is 2.97. The molecule has 0 aliphatic heterocycles. The molecule has 0 saturated carbocycles. The Hall–Kier alpha value is -2.76. The van der Waals surface area contributed by atoms with Gasteiger partial charge in [-0.05, 0) is 37.1 Å². The van der Waals surface area contributed by atoms with Crippen molar-refractivity contribution in [2.45, 2.75) is 26.2 Å². The van der Waals surface area contributed by atoms with Crippen LogP contribution in [0.5, 0.6) is 0 Å². The topological polar surface area (TPSA) is 74.6 Å². The fourth-order valence-electron chi connectivity index (χ4n) is 2.41. The van der Waals surface area contributed by atoms with Crippen LogP contribution in [0.1, 0.15) is 23.5 Å². The minimum absolute atomic E-state index is 0.0630. The standard InChI is InChI=1S/C19H25N3O3/c1-14-8-10-16(25-14)12-13-20-19(24)21-17-7-5-4-6-15(17)9-11-18(23)22(2)3/h4-8,10H,9,11-13H2,1-3H3,(H2,20,21,24). The molecule has 2 rings (SSSR count). The summed E-state index contributed by atoms with van der Waals surface area (Å²) < 4.78 is 5.47. The van der Waals surface area contributed by atoms with Gasteiger partial charge in [0, 0.05) is 39.2 Å². The number of carbonyl (C=O) groups is 2. The van der Waals surface area contributed by atoms with Crippen molar-refractivity contribution in [2.75, 3.05) is 26.0 Å². The van der Waals surface area contributed by atoms with E-state index in [0.29, 0.717) is 25.8 Å². The number of hydrogen-bond donors (Lipinski definition) is 2. The molecular formula is C19H25N3O3. The number of para-hydroxylation sites is 1. The van der Waals surface area contributed by atoms with Gasteiger partial charge in [-0.15, -0.1) is 0 Å². The van der Waals surface area contributed by atoms with Gasteiger partial charge >= 0.3 is 6.03 Å². The first-order chi connectivity index (χ1) is 12.0. The lowest BCUT2D eigenvalue weighted by molar-refractivity contribution is -0.128. The quantitative estimate of drug-likeness (QED) is 0.811. The minimum atomic E-state index is -0.269. The number of carbonyl (C=O) groups excluding carboxylic acids is 2. The second-order valence-electron chi connectivity index (χ2n) is 6.09. The van der Waals surface area contributed by atoms with Crippen molar-refractivity contribution >= 4 is 17.6 Å².